The summed E-state index contributed by atoms with van der Waals surface area (Å²) in [5.41, 5.74) is 0. The summed E-state index contributed by atoms with van der Waals surface area (Å²) in [4.78, 5) is 1.98. The van der Waals surface area contributed by atoms with Gasteiger partial charge in [0.2, 0.25) is 0 Å². The van der Waals surface area contributed by atoms with Crippen molar-refractivity contribution in [1.29, 1.82) is 0 Å². The predicted octanol–water partition coefficient (Wildman–Crippen LogP) is -1.56. The van der Waals surface area contributed by atoms with E-state index in [9.17, 15) is 13.0 Å². The molecule has 0 unspecified atom stereocenters. The third-order valence-electron chi connectivity index (χ3n) is 1.87. The fraction of sp³-hybridized carbons (Fsp3) is 1.00. The lowest BCUT2D eigenvalue weighted by Crippen LogP contribution is -2.45. The van der Waals surface area contributed by atoms with Crippen LogP contribution in [0.2, 0.25) is 0 Å². The first kappa shape index (κ1) is 9.91. The van der Waals surface area contributed by atoms with Crippen LogP contribution in [0.25, 0.3) is 0 Å². The van der Waals surface area contributed by atoms with Gasteiger partial charge in [-0.05, 0) is 0 Å². The Balaban J connectivity index is 2.22. The summed E-state index contributed by atoms with van der Waals surface area (Å²) in [7, 11) is -4.04. The van der Waals surface area contributed by atoms with Gasteiger partial charge in [0.05, 0.1) is 15.9 Å². The van der Waals surface area contributed by atoms with Gasteiger partial charge in [0.1, 0.15) is 0 Å². The van der Waals surface area contributed by atoms with Gasteiger partial charge in [-0.1, -0.05) is 0 Å². The lowest BCUT2D eigenvalue weighted by molar-refractivity contribution is 0.252. The quantitative estimate of drug-likeness (QED) is 0.549. The minimum atomic E-state index is -4.04. The summed E-state index contributed by atoms with van der Waals surface area (Å²) in [6.45, 7) is 3.77. The Bertz CT molecular complexity index is 221. The van der Waals surface area contributed by atoms with Crippen LogP contribution >= 0.6 is 0 Å². The van der Waals surface area contributed by atoms with Crippen LogP contribution in [0.5, 0.6) is 0 Å². The minimum absolute atomic E-state index is 0.271. The molecule has 0 atom stereocenters. The van der Waals surface area contributed by atoms with Crippen molar-refractivity contribution in [3.05, 3.63) is 0 Å². The molecule has 0 saturated carbocycles. The van der Waals surface area contributed by atoms with E-state index in [-0.39, 0.29) is 5.75 Å². The van der Waals surface area contributed by atoms with Crippen LogP contribution in [-0.4, -0.2) is 56.3 Å². The van der Waals surface area contributed by atoms with Crippen LogP contribution in [0.1, 0.15) is 0 Å². The largest absolute Gasteiger partial charge is 0.748 e. The maximum atomic E-state index is 10.3. The van der Waals surface area contributed by atoms with E-state index in [4.69, 9.17) is 0 Å². The zero-order chi connectivity index (χ0) is 9.03. The first-order valence-corrected chi connectivity index (χ1v) is 5.52. The van der Waals surface area contributed by atoms with Crippen molar-refractivity contribution in [3.63, 3.8) is 0 Å². The molecular formula is C6H13N2O3S-. The molecule has 1 N–H and O–H groups in total. The van der Waals surface area contributed by atoms with Crippen molar-refractivity contribution >= 4 is 10.1 Å². The lowest BCUT2D eigenvalue weighted by atomic mass is 10.4. The van der Waals surface area contributed by atoms with Crippen LogP contribution < -0.4 is 5.32 Å². The van der Waals surface area contributed by atoms with Crippen LogP contribution in [0.15, 0.2) is 0 Å². The van der Waals surface area contributed by atoms with Crippen molar-refractivity contribution < 1.29 is 13.0 Å². The van der Waals surface area contributed by atoms with Crippen molar-refractivity contribution in [2.45, 2.75) is 0 Å². The Morgan fingerprint density at radius 3 is 2.42 bits per heavy atom. The highest BCUT2D eigenvalue weighted by Gasteiger charge is 2.09. The van der Waals surface area contributed by atoms with E-state index < -0.39 is 10.1 Å². The molecule has 0 spiro atoms. The molecule has 1 aliphatic rings. The standard InChI is InChI=1S/C6H14N2O3S/c9-12(10,11)6-5-8-3-1-7-2-4-8/h7H,1-6H2,(H,9,10,11)/p-1. The third kappa shape index (κ3) is 4.01. The average Bonchev–Trinajstić information content (AvgIpc) is 2.02. The van der Waals surface area contributed by atoms with E-state index >= 15 is 0 Å². The Hall–Kier alpha value is -0.170. The third-order valence-corrected chi connectivity index (χ3v) is 2.55. The first-order valence-electron chi connectivity index (χ1n) is 3.94. The number of rotatable bonds is 3. The Labute approximate surface area is 72.5 Å². The van der Waals surface area contributed by atoms with Crippen molar-refractivity contribution in [3.8, 4) is 0 Å². The van der Waals surface area contributed by atoms with E-state index in [0.29, 0.717) is 6.54 Å². The Morgan fingerprint density at radius 1 is 1.33 bits per heavy atom. The van der Waals surface area contributed by atoms with Gasteiger partial charge in [-0.3, -0.25) is 4.90 Å². The fourth-order valence-corrected chi connectivity index (χ4v) is 1.66. The highest BCUT2D eigenvalue weighted by molar-refractivity contribution is 7.85. The maximum absolute atomic E-state index is 10.3. The van der Waals surface area contributed by atoms with E-state index in [1.165, 1.54) is 0 Å². The molecule has 0 radical (unpaired) electrons. The molecule has 1 fully saturated rings. The van der Waals surface area contributed by atoms with Gasteiger partial charge in [-0.25, -0.2) is 8.42 Å². The van der Waals surface area contributed by atoms with Crippen molar-refractivity contribution in [2.24, 2.45) is 0 Å². The Kier molecular flexibility index (Phi) is 3.45. The second-order valence-electron chi connectivity index (χ2n) is 2.85. The molecule has 0 aromatic heterocycles. The summed E-state index contributed by atoms with van der Waals surface area (Å²) in [6, 6.07) is 0. The molecule has 72 valence electrons. The molecule has 0 bridgehead atoms. The summed E-state index contributed by atoms with van der Waals surface area (Å²) >= 11 is 0. The van der Waals surface area contributed by atoms with E-state index in [0.717, 1.165) is 26.2 Å². The van der Waals surface area contributed by atoms with E-state index in [2.05, 4.69) is 5.32 Å². The van der Waals surface area contributed by atoms with Gasteiger partial charge in [0.15, 0.2) is 0 Å². The molecule has 1 heterocycles. The molecule has 12 heavy (non-hydrogen) atoms. The van der Waals surface area contributed by atoms with Gasteiger partial charge >= 0.3 is 0 Å². The molecule has 1 rings (SSSR count). The predicted molar refractivity (Wildman–Crippen MR) is 43.9 cm³/mol. The molecule has 1 aliphatic heterocycles. The van der Waals surface area contributed by atoms with Crippen LogP contribution in [0.3, 0.4) is 0 Å². The smallest absolute Gasteiger partial charge is 0.0958 e. The number of nitrogens with one attached hydrogen (secondary N) is 1. The number of nitrogens with zero attached hydrogens (tertiary/aromatic N) is 1. The normalized spacial score (nSPS) is 21.1. The van der Waals surface area contributed by atoms with Gasteiger partial charge in [0, 0.05) is 32.7 Å². The second kappa shape index (κ2) is 4.18. The van der Waals surface area contributed by atoms with Crippen molar-refractivity contribution in [1.82, 2.24) is 10.2 Å². The molecule has 0 aliphatic carbocycles. The highest BCUT2D eigenvalue weighted by Crippen LogP contribution is 1.93. The average molecular weight is 193 g/mol. The van der Waals surface area contributed by atoms with Gasteiger partial charge in [-0.15, -0.1) is 0 Å². The zero-order valence-electron chi connectivity index (χ0n) is 6.82. The minimum Gasteiger partial charge on any atom is -0.748 e. The van der Waals surface area contributed by atoms with Gasteiger partial charge < -0.3 is 9.87 Å². The van der Waals surface area contributed by atoms with E-state index in [1.807, 2.05) is 4.90 Å². The fourth-order valence-electron chi connectivity index (χ4n) is 1.18. The summed E-state index contributed by atoms with van der Waals surface area (Å²) < 4.78 is 30.8. The first-order chi connectivity index (χ1) is 5.58. The molecular weight excluding hydrogens is 180 g/mol. The lowest BCUT2D eigenvalue weighted by Gasteiger charge is -2.27. The highest BCUT2D eigenvalue weighted by atomic mass is 32.2. The molecule has 6 heteroatoms. The second-order valence-corrected chi connectivity index (χ2v) is 4.38. The molecule has 0 aromatic carbocycles. The molecule has 0 amide bonds. The van der Waals surface area contributed by atoms with Crippen LogP contribution in [0, 0.1) is 0 Å². The van der Waals surface area contributed by atoms with Crippen molar-refractivity contribution in [2.75, 3.05) is 38.5 Å². The summed E-state index contributed by atoms with van der Waals surface area (Å²) in [5.74, 6) is -0.271. The molecule has 0 aromatic rings. The van der Waals surface area contributed by atoms with Crippen LogP contribution in [0.4, 0.5) is 0 Å². The van der Waals surface area contributed by atoms with Crippen LogP contribution in [-0.2, 0) is 10.1 Å². The summed E-state index contributed by atoms with van der Waals surface area (Å²) in [6.07, 6.45) is 0. The molecule has 5 nitrogen and oxygen atoms in total. The molecule has 1 saturated heterocycles. The van der Waals surface area contributed by atoms with E-state index in [1.54, 1.807) is 0 Å². The van der Waals surface area contributed by atoms with Gasteiger partial charge in [0.25, 0.3) is 0 Å². The monoisotopic (exact) mass is 193 g/mol. The Morgan fingerprint density at radius 2 is 1.92 bits per heavy atom. The number of hydrogen-bond donors (Lipinski definition) is 1. The number of hydrogen-bond acceptors (Lipinski definition) is 5. The van der Waals surface area contributed by atoms with Gasteiger partial charge in [-0.2, -0.15) is 0 Å². The topological polar surface area (TPSA) is 72.5 Å². The SMILES string of the molecule is O=S(=O)([O-])CCN1CCNCC1. The summed E-state index contributed by atoms with van der Waals surface area (Å²) in [5, 5.41) is 3.14. The number of piperazine rings is 1. The zero-order valence-corrected chi connectivity index (χ0v) is 7.64. The maximum Gasteiger partial charge on any atom is 0.0958 e.